The minimum Gasteiger partial charge on any atom is -0.335 e. The third-order valence-electron chi connectivity index (χ3n) is 7.01. The zero-order valence-electron chi connectivity index (χ0n) is 28.1. The topological polar surface area (TPSA) is 17.8 Å². The Morgan fingerprint density at radius 2 is 0.810 bits per heavy atom. The molecule has 0 spiro atoms. The van der Waals surface area contributed by atoms with E-state index < -0.39 is 0 Å². The third-order valence-corrected chi connectivity index (χ3v) is 7.01. The summed E-state index contributed by atoms with van der Waals surface area (Å²) < 4.78 is 0. The Hall–Kier alpha value is -0.526. The molecule has 4 aromatic carbocycles. The van der Waals surface area contributed by atoms with Gasteiger partial charge in [-0.25, -0.2) is 48.5 Å². The van der Waals surface area contributed by atoms with Crippen molar-refractivity contribution in [2.75, 3.05) is 68.5 Å². The molecule has 0 saturated heterocycles. The van der Waals surface area contributed by atoms with Crippen LogP contribution in [-0.2, 0) is 34.1 Å². The maximum absolute atomic E-state index is 2.30. The second-order valence-electron chi connectivity index (χ2n) is 10.9. The summed E-state index contributed by atoms with van der Waals surface area (Å²) in [5.41, 5.74) is 2.91. The van der Waals surface area contributed by atoms with Crippen molar-refractivity contribution in [3.05, 3.63) is 120 Å². The van der Waals surface area contributed by atoms with E-state index in [1.54, 1.807) is 9.80 Å². The Labute approximate surface area is 304 Å². The van der Waals surface area contributed by atoms with Crippen molar-refractivity contribution < 1.29 is 91.5 Å². The van der Waals surface area contributed by atoms with Gasteiger partial charge in [0.15, 0.2) is 0 Å². The van der Waals surface area contributed by atoms with Crippen LogP contribution in [0.3, 0.4) is 0 Å². The van der Waals surface area contributed by atoms with Gasteiger partial charge in [-0.2, -0.15) is 60.7 Å². The zero-order valence-corrected chi connectivity index (χ0v) is 30.3. The first kappa shape index (κ1) is 48.4. The summed E-state index contributed by atoms with van der Waals surface area (Å²) in [6.45, 7) is 9.53. The van der Waals surface area contributed by atoms with Gasteiger partial charge in [0, 0.05) is 34.1 Å². The quantitative estimate of drug-likeness (QED) is 0.0980. The van der Waals surface area contributed by atoms with Crippen molar-refractivity contribution in [2.24, 2.45) is 0 Å². The van der Waals surface area contributed by atoms with Gasteiger partial charge in [0.2, 0.25) is 0 Å². The van der Waals surface area contributed by atoms with Crippen molar-refractivity contribution in [2.45, 2.75) is 25.9 Å². The Kier molecular flexibility index (Phi) is 35.1. The van der Waals surface area contributed by atoms with Crippen LogP contribution in [0, 0.1) is 0 Å². The Morgan fingerprint density at radius 3 is 1.00 bits per heavy atom. The van der Waals surface area contributed by atoms with Crippen LogP contribution in [0.25, 0.3) is 0 Å². The van der Waals surface area contributed by atoms with E-state index in [4.69, 9.17) is 0 Å². The van der Waals surface area contributed by atoms with Crippen LogP contribution in [0.5, 0.6) is 0 Å². The monoisotopic (exact) mass is 646 g/mol. The molecule has 4 rings (SSSR count). The molecule has 228 valence electrons. The first-order valence-electron chi connectivity index (χ1n) is 14.2. The summed E-state index contributed by atoms with van der Waals surface area (Å²) in [7, 11) is 13.4. The van der Waals surface area contributed by atoms with Gasteiger partial charge in [-0.15, -0.1) is 11.1 Å². The summed E-state index contributed by atoms with van der Waals surface area (Å²) in [6.07, 6.45) is 0. The minimum atomic E-state index is 0. The molecule has 8 heteroatoms. The molecule has 0 bridgehead atoms. The zero-order chi connectivity index (χ0) is 28.2. The van der Waals surface area contributed by atoms with Crippen molar-refractivity contribution in [3.8, 4) is 0 Å². The van der Waals surface area contributed by atoms with E-state index in [0.29, 0.717) is 12.1 Å². The maximum Gasteiger partial charge on any atom is 1.00 e. The summed E-state index contributed by atoms with van der Waals surface area (Å²) in [5.74, 6) is 0. The smallest absolute Gasteiger partial charge is 0.335 e. The van der Waals surface area contributed by atoms with E-state index >= 15 is 0 Å². The summed E-state index contributed by atoms with van der Waals surface area (Å²) >= 11 is 0. The number of hydrogen-bond donors (Lipinski definition) is 4. The minimum absolute atomic E-state index is 0. The van der Waals surface area contributed by atoms with E-state index in [9.17, 15) is 0 Å². The molecule has 4 nitrogen and oxygen atoms in total. The summed E-state index contributed by atoms with van der Waals surface area (Å²) in [4.78, 5) is 6.24. The molecule has 0 fully saturated rings. The molecule has 4 atom stereocenters. The molecule has 0 aromatic heterocycles. The molecule has 4 N–H and O–H groups in total. The summed E-state index contributed by atoms with van der Waals surface area (Å²) in [5, 5.41) is 0. The Bertz CT molecular complexity index is 843. The van der Waals surface area contributed by atoms with Gasteiger partial charge in [-0.05, 0) is 13.8 Å². The number of nitrogens with one attached hydrogen (secondary N) is 4. The van der Waals surface area contributed by atoms with Crippen LogP contribution in [-0.4, -0.2) is 68.5 Å². The van der Waals surface area contributed by atoms with E-state index in [2.05, 4.69) is 105 Å². The second-order valence-corrected chi connectivity index (χ2v) is 10.9. The predicted octanol–water partition coefficient (Wildman–Crippen LogP) is -4.93. The number of rotatable bonds is 10. The average Bonchev–Trinajstić information content (AvgIpc) is 3.74. The van der Waals surface area contributed by atoms with E-state index in [1.165, 1.54) is 47.1 Å². The van der Waals surface area contributed by atoms with Crippen molar-refractivity contribution in [1.82, 2.24) is 0 Å². The molecule has 0 radical (unpaired) electrons. The molecule has 42 heavy (non-hydrogen) atoms. The van der Waals surface area contributed by atoms with Crippen LogP contribution in [0.15, 0.2) is 109 Å². The van der Waals surface area contributed by atoms with Gasteiger partial charge in [-0.3, -0.25) is 0 Å². The van der Waals surface area contributed by atoms with Gasteiger partial charge in [0.25, 0.3) is 0 Å². The van der Waals surface area contributed by atoms with Gasteiger partial charge < -0.3 is 19.6 Å². The molecule has 0 amide bonds. The third kappa shape index (κ3) is 23.9. The van der Waals surface area contributed by atoms with Crippen LogP contribution < -0.4 is 57.3 Å². The standard InChI is InChI=1S/2C12H21N2.2C5H5.2Fe.2Li/c2*1-11(12-7-5-6-8-12)14(4)10-9-13(2)3;2*1-2-4-5-3-1;;;;/h2*5-8,11H,9-10H2,1-4H3;2*1-5H;;;;/q4*-1;;;2*+1/p+4. The van der Waals surface area contributed by atoms with Crippen molar-refractivity contribution in [3.63, 3.8) is 0 Å². The van der Waals surface area contributed by atoms with E-state index in [-0.39, 0.29) is 71.9 Å². The number of quaternary nitrogens is 4. The normalized spacial score (nSPS) is 12.4. The SMILES string of the molecule is CC(c1ccc[cH-]1)[NH+](C)CC[NH+](C)C.CC(c1ccc[cH-]1)[NH+](C)CC[NH+](C)C.[Fe].[Fe].[Li+].[Li+].c1cc[cH-]c1.c1cc[cH-]c1. The average molecular weight is 646 g/mol. The van der Waals surface area contributed by atoms with Gasteiger partial charge in [-0.1, -0.05) is 0 Å². The van der Waals surface area contributed by atoms with Crippen molar-refractivity contribution >= 4 is 0 Å². The fourth-order valence-electron chi connectivity index (χ4n) is 3.89. The van der Waals surface area contributed by atoms with E-state index in [0.717, 1.165) is 0 Å². The van der Waals surface area contributed by atoms with Crippen LogP contribution >= 0.6 is 0 Å². The maximum atomic E-state index is 2.30. The molecule has 0 heterocycles. The fraction of sp³-hybridized carbons (Fsp3) is 0.412. The fourth-order valence-corrected chi connectivity index (χ4v) is 3.89. The first-order chi connectivity index (χ1) is 18.2. The number of likely N-dealkylation sites (N-methyl/N-ethyl adjacent to an activating group) is 4. The largest absolute Gasteiger partial charge is 1.00 e. The molecule has 0 aliphatic heterocycles. The van der Waals surface area contributed by atoms with Crippen LogP contribution in [0.2, 0.25) is 0 Å². The van der Waals surface area contributed by atoms with Gasteiger partial charge in [0.05, 0.1) is 54.4 Å². The van der Waals surface area contributed by atoms with Crippen LogP contribution in [0.4, 0.5) is 0 Å². The van der Waals surface area contributed by atoms with Crippen molar-refractivity contribution in [1.29, 1.82) is 0 Å². The number of hydrogen-bond acceptors (Lipinski definition) is 0. The molecular formula is C34H56Fe2Li2N4+2. The molecular weight excluding hydrogens is 590 g/mol. The molecule has 0 aliphatic carbocycles. The molecule has 4 unspecified atom stereocenters. The second kappa shape index (κ2) is 30.5. The Balaban J connectivity index is -0.000000241. The molecule has 0 aliphatic rings. The van der Waals surface area contributed by atoms with E-state index in [1.807, 2.05) is 60.7 Å². The van der Waals surface area contributed by atoms with Gasteiger partial charge >= 0.3 is 37.7 Å². The van der Waals surface area contributed by atoms with Gasteiger partial charge in [0.1, 0.15) is 26.2 Å². The predicted molar refractivity (Wildman–Crippen MR) is 164 cm³/mol. The van der Waals surface area contributed by atoms with Crippen LogP contribution in [0.1, 0.15) is 37.1 Å². The first-order valence-corrected chi connectivity index (χ1v) is 14.2. The molecule has 0 saturated carbocycles. The summed E-state index contributed by atoms with van der Waals surface area (Å²) in [6, 6.07) is 38.6. The Morgan fingerprint density at radius 1 is 0.500 bits per heavy atom. The molecule has 4 aromatic rings.